The summed E-state index contributed by atoms with van der Waals surface area (Å²) in [6.45, 7) is 5.72. The standard InChI is InChI=1S/C21H20F3N5O3/c1-20(2,3)28-19-26-17(13-5-4-6-16(11-13)32-21(22,23)24)12-18(27-19)25-14-7-9-15(10-8-14)29(30)31/h4-12H,1-3H3,(H2,25,26,27,28). The van der Waals surface area contributed by atoms with Crippen molar-refractivity contribution >= 4 is 23.1 Å². The molecule has 0 unspecified atom stereocenters. The van der Waals surface area contributed by atoms with Gasteiger partial charge in [0, 0.05) is 35.0 Å². The Hall–Kier alpha value is -3.89. The Balaban J connectivity index is 1.98. The van der Waals surface area contributed by atoms with Gasteiger partial charge in [-0.05, 0) is 45.0 Å². The van der Waals surface area contributed by atoms with Gasteiger partial charge in [-0.25, -0.2) is 4.98 Å². The smallest absolute Gasteiger partial charge is 0.406 e. The summed E-state index contributed by atoms with van der Waals surface area (Å²) in [4.78, 5) is 19.2. The first kappa shape index (κ1) is 22.8. The molecule has 0 aliphatic heterocycles. The molecule has 0 aliphatic rings. The van der Waals surface area contributed by atoms with Crippen LogP contribution in [0.1, 0.15) is 20.8 Å². The average Bonchev–Trinajstić information content (AvgIpc) is 2.66. The van der Waals surface area contributed by atoms with Crippen molar-refractivity contribution in [2.75, 3.05) is 10.6 Å². The maximum Gasteiger partial charge on any atom is 0.573 e. The van der Waals surface area contributed by atoms with E-state index >= 15 is 0 Å². The van der Waals surface area contributed by atoms with E-state index in [-0.39, 0.29) is 22.9 Å². The molecule has 8 nitrogen and oxygen atoms in total. The Kier molecular flexibility index (Phi) is 6.19. The molecule has 168 valence electrons. The molecule has 3 rings (SSSR count). The number of rotatable bonds is 6. The predicted molar refractivity (Wildman–Crippen MR) is 114 cm³/mol. The van der Waals surface area contributed by atoms with Crippen molar-refractivity contribution in [3.8, 4) is 17.0 Å². The first-order valence-electron chi connectivity index (χ1n) is 9.43. The zero-order valence-corrected chi connectivity index (χ0v) is 17.4. The van der Waals surface area contributed by atoms with Gasteiger partial charge in [0.15, 0.2) is 0 Å². The number of alkyl halides is 3. The third-order valence-electron chi connectivity index (χ3n) is 3.93. The molecule has 32 heavy (non-hydrogen) atoms. The summed E-state index contributed by atoms with van der Waals surface area (Å²) >= 11 is 0. The van der Waals surface area contributed by atoms with Crippen molar-refractivity contribution in [1.29, 1.82) is 0 Å². The number of aromatic nitrogens is 2. The van der Waals surface area contributed by atoms with Crippen molar-refractivity contribution in [3.05, 3.63) is 64.7 Å². The number of nitrogens with zero attached hydrogens (tertiary/aromatic N) is 3. The number of non-ortho nitro benzene ring substituents is 1. The third-order valence-corrected chi connectivity index (χ3v) is 3.93. The van der Waals surface area contributed by atoms with E-state index in [1.807, 2.05) is 20.8 Å². The van der Waals surface area contributed by atoms with Crippen LogP contribution in [0, 0.1) is 10.1 Å². The van der Waals surface area contributed by atoms with Crippen molar-refractivity contribution in [1.82, 2.24) is 9.97 Å². The van der Waals surface area contributed by atoms with Crippen LogP contribution in [0.4, 0.5) is 36.3 Å². The van der Waals surface area contributed by atoms with Gasteiger partial charge in [0.2, 0.25) is 5.95 Å². The van der Waals surface area contributed by atoms with Gasteiger partial charge in [-0.2, -0.15) is 4.98 Å². The average molecular weight is 447 g/mol. The number of ether oxygens (including phenoxy) is 1. The van der Waals surface area contributed by atoms with Crippen LogP contribution >= 0.6 is 0 Å². The lowest BCUT2D eigenvalue weighted by atomic mass is 10.1. The van der Waals surface area contributed by atoms with E-state index in [2.05, 4.69) is 25.3 Å². The number of halogens is 3. The molecule has 0 amide bonds. The topological polar surface area (TPSA) is 102 Å². The van der Waals surface area contributed by atoms with Gasteiger partial charge in [-0.15, -0.1) is 13.2 Å². The fourth-order valence-electron chi connectivity index (χ4n) is 2.72. The van der Waals surface area contributed by atoms with E-state index in [4.69, 9.17) is 0 Å². The summed E-state index contributed by atoms with van der Waals surface area (Å²) in [5, 5.41) is 17.0. The first-order valence-corrected chi connectivity index (χ1v) is 9.43. The summed E-state index contributed by atoms with van der Waals surface area (Å²) in [5.41, 5.74) is 0.832. The normalized spacial score (nSPS) is 11.7. The number of hydrogen-bond acceptors (Lipinski definition) is 7. The summed E-state index contributed by atoms with van der Waals surface area (Å²) in [5.74, 6) is 0.225. The lowest BCUT2D eigenvalue weighted by Gasteiger charge is -2.21. The minimum atomic E-state index is -4.81. The van der Waals surface area contributed by atoms with Crippen molar-refractivity contribution in [2.24, 2.45) is 0 Å². The Morgan fingerprint density at radius 2 is 1.69 bits per heavy atom. The monoisotopic (exact) mass is 447 g/mol. The number of hydrogen-bond donors (Lipinski definition) is 2. The number of anilines is 3. The van der Waals surface area contributed by atoms with Crippen molar-refractivity contribution in [3.63, 3.8) is 0 Å². The highest BCUT2D eigenvalue weighted by Gasteiger charge is 2.31. The van der Waals surface area contributed by atoms with Gasteiger partial charge < -0.3 is 15.4 Å². The summed E-state index contributed by atoms with van der Waals surface area (Å²) in [6.07, 6.45) is -4.81. The second kappa shape index (κ2) is 8.69. The fraction of sp³-hybridized carbons (Fsp3) is 0.238. The van der Waals surface area contributed by atoms with Gasteiger partial charge in [0.1, 0.15) is 11.6 Å². The number of nitro groups is 1. The highest BCUT2D eigenvalue weighted by atomic mass is 19.4. The van der Waals surface area contributed by atoms with E-state index in [0.29, 0.717) is 22.8 Å². The van der Waals surface area contributed by atoms with Gasteiger partial charge in [-0.3, -0.25) is 10.1 Å². The minimum absolute atomic E-state index is 0.0597. The van der Waals surface area contributed by atoms with E-state index in [9.17, 15) is 23.3 Å². The molecule has 2 N–H and O–H groups in total. The zero-order valence-electron chi connectivity index (χ0n) is 17.4. The molecule has 11 heteroatoms. The SMILES string of the molecule is CC(C)(C)Nc1nc(Nc2ccc([N+](=O)[O-])cc2)cc(-c2cccc(OC(F)(F)F)c2)n1. The molecule has 0 bridgehead atoms. The Labute approximate surface area is 181 Å². The quantitative estimate of drug-likeness (QED) is 0.358. The van der Waals surface area contributed by atoms with Gasteiger partial charge in [0.25, 0.3) is 5.69 Å². The van der Waals surface area contributed by atoms with Crippen molar-refractivity contribution in [2.45, 2.75) is 32.7 Å². The molecule has 0 aliphatic carbocycles. The molecule has 1 heterocycles. The van der Waals surface area contributed by atoms with Gasteiger partial charge >= 0.3 is 6.36 Å². The molecule has 0 saturated carbocycles. The Morgan fingerprint density at radius 1 is 1.00 bits per heavy atom. The lowest BCUT2D eigenvalue weighted by molar-refractivity contribution is -0.384. The molecular formula is C21H20F3N5O3. The number of benzene rings is 2. The lowest BCUT2D eigenvalue weighted by Crippen LogP contribution is -2.27. The maximum absolute atomic E-state index is 12.6. The van der Waals surface area contributed by atoms with Crippen LogP contribution in [-0.2, 0) is 0 Å². The zero-order chi connectivity index (χ0) is 23.5. The van der Waals surface area contributed by atoms with Crippen LogP contribution in [0.25, 0.3) is 11.3 Å². The molecule has 3 aromatic rings. The van der Waals surface area contributed by atoms with Crippen LogP contribution in [-0.4, -0.2) is 26.8 Å². The van der Waals surface area contributed by atoms with E-state index in [1.54, 1.807) is 12.1 Å². The Bertz CT molecular complexity index is 1110. The molecular weight excluding hydrogens is 427 g/mol. The molecule has 0 fully saturated rings. The molecule has 1 aromatic heterocycles. The van der Waals surface area contributed by atoms with Crippen molar-refractivity contribution < 1.29 is 22.8 Å². The highest BCUT2D eigenvalue weighted by molar-refractivity contribution is 5.68. The Morgan fingerprint density at radius 3 is 2.28 bits per heavy atom. The van der Waals surface area contributed by atoms with Crippen LogP contribution in [0.15, 0.2) is 54.6 Å². The molecule has 0 spiro atoms. The largest absolute Gasteiger partial charge is 0.573 e. The van der Waals surface area contributed by atoms with E-state index in [0.717, 1.165) is 0 Å². The van der Waals surface area contributed by atoms with Crippen LogP contribution in [0.5, 0.6) is 5.75 Å². The highest BCUT2D eigenvalue weighted by Crippen LogP contribution is 2.30. The maximum atomic E-state index is 12.6. The summed E-state index contributed by atoms with van der Waals surface area (Å²) in [7, 11) is 0. The number of nitrogens with one attached hydrogen (secondary N) is 2. The molecule has 0 radical (unpaired) electrons. The van der Waals surface area contributed by atoms with E-state index in [1.165, 1.54) is 42.5 Å². The minimum Gasteiger partial charge on any atom is -0.406 e. The molecule has 0 atom stereocenters. The molecule has 0 saturated heterocycles. The number of nitro benzene ring substituents is 1. The predicted octanol–water partition coefficient (Wildman–Crippen LogP) is 5.90. The van der Waals surface area contributed by atoms with Gasteiger partial charge in [-0.1, -0.05) is 12.1 Å². The van der Waals surface area contributed by atoms with E-state index < -0.39 is 11.3 Å². The third kappa shape index (κ3) is 6.56. The molecule has 2 aromatic carbocycles. The van der Waals surface area contributed by atoms with Crippen LogP contribution < -0.4 is 15.4 Å². The summed E-state index contributed by atoms with van der Waals surface area (Å²) in [6, 6.07) is 12.7. The van der Waals surface area contributed by atoms with Gasteiger partial charge in [0.05, 0.1) is 10.6 Å². The second-order valence-corrected chi connectivity index (χ2v) is 7.84. The summed E-state index contributed by atoms with van der Waals surface area (Å²) < 4.78 is 41.8. The van der Waals surface area contributed by atoms with Crippen LogP contribution in [0.3, 0.4) is 0 Å². The fourth-order valence-corrected chi connectivity index (χ4v) is 2.72. The second-order valence-electron chi connectivity index (χ2n) is 7.84. The van der Waals surface area contributed by atoms with Crippen LogP contribution in [0.2, 0.25) is 0 Å². The first-order chi connectivity index (χ1) is 14.9.